The number of rotatable bonds is 9. The number of ether oxygens (including phenoxy) is 2. The molecule has 1 fully saturated rings. The smallest absolute Gasteiger partial charge is 0.320 e. The molecular formula is C35H46N10O4. The summed E-state index contributed by atoms with van der Waals surface area (Å²) >= 11 is 0. The molecular weight excluding hydrogens is 624 g/mol. The molecule has 49 heavy (non-hydrogen) atoms. The van der Waals surface area contributed by atoms with Gasteiger partial charge in [-0.25, -0.2) is 14.8 Å². The summed E-state index contributed by atoms with van der Waals surface area (Å²) in [7, 11) is 5.94. The number of carbonyl (C=O) groups is 2. The van der Waals surface area contributed by atoms with Crippen molar-refractivity contribution in [2.45, 2.75) is 57.2 Å². The lowest BCUT2D eigenvalue weighted by molar-refractivity contribution is 0.00144. The number of anilines is 1. The second-order valence-electron chi connectivity index (χ2n) is 14.0. The highest BCUT2D eigenvalue weighted by Gasteiger charge is 2.31. The van der Waals surface area contributed by atoms with Crippen LogP contribution in [0.3, 0.4) is 0 Å². The van der Waals surface area contributed by atoms with Gasteiger partial charge in [0.25, 0.3) is 5.91 Å². The molecule has 4 heterocycles. The average Bonchev–Trinajstić information content (AvgIpc) is 3.48. The fourth-order valence-corrected chi connectivity index (χ4v) is 6.11. The molecule has 0 spiro atoms. The number of urea groups is 1. The van der Waals surface area contributed by atoms with Crippen LogP contribution in [-0.2, 0) is 10.2 Å². The molecule has 6 rings (SSSR count). The molecule has 0 unspecified atom stereocenters. The minimum Gasteiger partial charge on any atom is -0.484 e. The molecule has 1 saturated heterocycles. The van der Waals surface area contributed by atoms with Crippen LogP contribution in [-0.4, -0.2) is 100 Å². The molecule has 3 amide bonds. The Morgan fingerprint density at radius 1 is 1.06 bits per heavy atom. The van der Waals surface area contributed by atoms with Crippen LogP contribution in [0.2, 0.25) is 0 Å². The van der Waals surface area contributed by atoms with Crippen LogP contribution in [0.4, 0.5) is 10.6 Å². The number of pyridine rings is 1. The summed E-state index contributed by atoms with van der Waals surface area (Å²) in [5, 5.41) is 17.7. The Hall–Kier alpha value is -4.66. The van der Waals surface area contributed by atoms with Gasteiger partial charge in [-0.1, -0.05) is 45.0 Å². The predicted octanol–water partition coefficient (Wildman–Crippen LogP) is 3.89. The third kappa shape index (κ3) is 7.98. The molecule has 3 atom stereocenters. The Morgan fingerprint density at radius 3 is 2.61 bits per heavy atom. The van der Waals surface area contributed by atoms with E-state index in [0.29, 0.717) is 50.6 Å². The van der Waals surface area contributed by atoms with Crippen LogP contribution in [0, 0.1) is 0 Å². The van der Waals surface area contributed by atoms with E-state index < -0.39 is 11.9 Å². The molecule has 1 aliphatic heterocycles. The first-order chi connectivity index (χ1) is 23.5. The zero-order chi connectivity index (χ0) is 34.7. The lowest BCUT2D eigenvalue weighted by Crippen LogP contribution is -2.37. The van der Waals surface area contributed by atoms with Gasteiger partial charge < -0.3 is 25.0 Å². The molecule has 0 saturated carbocycles. The summed E-state index contributed by atoms with van der Waals surface area (Å²) in [6.45, 7) is 9.21. The van der Waals surface area contributed by atoms with E-state index in [-0.39, 0.29) is 35.2 Å². The minimum absolute atomic E-state index is 0.00612. The van der Waals surface area contributed by atoms with Crippen molar-refractivity contribution >= 4 is 23.4 Å². The van der Waals surface area contributed by atoms with E-state index in [4.69, 9.17) is 9.47 Å². The van der Waals surface area contributed by atoms with E-state index in [2.05, 4.69) is 48.1 Å². The fourth-order valence-electron chi connectivity index (χ4n) is 6.11. The minimum atomic E-state index is -0.418. The summed E-state index contributed by atoms with van der Waals surface area (Å²) in [6, 6.07) is 12.9. The number of carbonyl (C=O) groups excluding carboxylic acids is 2. The first-order valence-corrected chi connectivity index (χ1v) is 16.7. The number of hydrogen-bond acceptors (Lipinski definition) is 10. The number of nitrogens with one attached hydrogen (secondary N) is 3. The maximum atomic E-state index is 13.4. The summed E-state index contributed by atoms with van der Waals surface area (Å²) in [5.74, 6) is 1.41. The van der Waals surface area contributed by atoms with Gasteiger partial charge in [0.2, 0.25) is 5.82 Å². The number of fused-ring (bicyclic) bond motifs is 2. The second-order valence-corrected chi connectivity index (χ2v) is 14.0. The lowest BCUT2D eigenvalue weighted by atomic mass is 9.85. The highest BCUT2D eigenvalue weighted by atomic mass is 16.5. The molecule has 2 aliphatic rings. The average molecular weight is 671 g/mol. The van der Waals surface area contributed by atoms with Gasteiger partial charge in [-0.05, 0) is 57.2 Å². The Bertz CT molecular complexity index is 1800. The lowest BCUT2D eigenvalue weighted by Gasteiger charge is -2.32. The normalized spacial score (nSPS) is 19.8. The van der Waals surface area contributed by atoms with Crippen LogP contribution in [0.15, 0.2) is 48.7 Å². The number of aromatic nitrogens is 5. The second kappa shape index (κ2) is 14.4. The van der Waals surface area contributed by atoms with Gasteiger partial charge in [-0.15, -0.1) is 10.2 Å². The number of nitrogens with zero attached hydrogens (tertiary/aromatic N) is 7. The first kappa shape index (κ1) is 34.2. The van der Waals surface area contributed by atoms with Gasteiger partial charge in [-0.2, -0.15) is 0 Å². The predicted molar refractivity (Wildman–Crippen MR) is 185 cm³/mol. The molecule has 3 aromatic heterocycles. The van der Waals surface area contributed by atoms with Crippen LogP contribution in [0.25, 0.3) is 5.65 Å². The quantitative estimate of drug-likeness (QED) is 0.239. The van der Waals surface area contributed by atoms with E-state index in [1.54, 1.807) is 6.07 Å². The number of hydrogen-bond donors (Lipinski definition) is 3. The van der Waals surface area contributed by atoms with Crippen molar-refractivity contribution in [1.29, 1.82) is 0 Å². The van der Waals surface area contributed by atoms with Crippen molar-refractivity contribution in [3.8, 4) is 5.75 Å². The van der Waals surface area contributed by atoms with Crippen LogP contribution in [0.5, 0.6) is 5.75 Å². The number of benzene rings is 1. The summed E-state index contributed by atoms with van der Waals surface area (Å²) < 4.78 is 14.3. The zero-order valence-electron chi connectivity index (χ0n) is 29.1. The molecule has 1 aromatic carbocycles. The Morgan fingerprint density at radius 2 is 1.86 bits per heavy atom. The van der Waals surface area contributed by atoms with Gasteiger partial charge in [0.15, 0.2) is 11.5 Å². The maximum Gasteiger partial charge on any atom is 0.320 e. The molecule has 0 bridgehead atoms. The van der Waals surface area contributed by atoms with Gasteiger partial charge in [0.05, 0.1) is 37.2 Å². The largest absolute Gasteiger partial charge is 0.484 e. The Balaban J connectivity index is 1.16. The molecule has 260 valence electrons. The van der Waals surface area contributed by atoms with Crippen molar-refractivity contribution in [3.05, 3.63) is 77.1 Å². The van der Waals surface area contributed by atoms with Crippen molar-refractivity contribution in [1.82, 2.24) is 45.0 Å². The van der Waals surface area contributed by atoms with E-state index >= 15 is 0 Å². The Labute approximate surface area is 286 Å². The SMILES string of the molecule is CN(C)CCNC(=O)c1nc(NC(=O)N[C@H]2CC[C@@H](Oc3ccc4nnc([C@@H]5COCCN5C)n4c3)c3ccccc32)cc(C(C)(C)C)n1. The van der Waals surface area contributed by atoms with Crippen LogP contribution >= 0.6 is 0 Å². The number of amides is 3. The van der Waals surface area contributed by atoms with E-state index in [1.165, 1.54) is 0 Å². The summed E-state index contributed by atoms with van der Waals surface area (Å²) in [4.78, 5) is 39.4. The van der Waals surface area contributed by atoms with Crippen molar-refractivity contribution < 1.29 is 19.1 Å². The zero-order valence-corrected chi connectivity index (χ0v) is 29.1. The van der Waals surface area contributed by atoms with E-state index in [9.17, 15) is 9.59 Å². The molecule has 14 heteroatoms. The van der Waals surface area contributed by atoms with E-state index in [0.717, 1.165) is 29.1 Å². The summed E-state index contributed by atoms with van der Waals surface area (Å²) in [6.07, 6.45) is 3.08. The molecule has 14 nitrogen and oxygen atoms in total. The number of likely N-dealkylation sites (N-methyl/N-ethyl adjacent to an activating group) is 2. The highest BCUT2D eigenvalue weighted by molar-refractivity contribution is 5.92. The third-order valence-electron chi connectivity index (χ3n) is 8.90. The van der Waals surface area contributed by atoms with Gasteiger partial charge in [0.1, 0.15) is 17.7 Å². The maximum absolute atomic E-state index is 13.4. The van der Waals surface area contributed by atoms with Gasteiger partial charge in [0, 0.05) is 31.1 Å². The van der Waals surface area contributed by atoms with Crippen molar-refractivity contribution in [3.63, 3.8) is 0 Å². The van der Waals surface area contributed by atoms with Crippen LogP contribution in [0.1, 0.15) is 85.1 Å². The highest BCUT2D eigenvalue weighted by Crippen LogP contribution is 2.39. The van der Waals surface area contributed by atoms with E-state index in [1.807, 2.05) is 86.8 Å². The van der Waals surface area contributed by atoms with Crippen LogP contribution < -0.4 is 20.7 Å². The summed E-state index contributed by atoms with van der Waals surface area (Å²) in [5.41, 5.74) is 3.02. The molecule has 3 N–H and O–H groups in total. The fraction of sp³-hybridized carbons (Fsp3) is 0.486. The Kier molecular flexibility index (Phi) is 10.1. The molecule has 0 radical (unpaired) electrons. The molecule has 1 aliphatic carbocycles. The van der Waals surface area contributed by atoms with Gasteiger partial charge >= 0.3 is 6.03 Å². The first-order valence-electron chi connectivity index (χ1n) is 16.7. The molecule has 4 aromatic rings. The standard InChI is InChI=1S/C35H46N10O4/c1-35(2,3)28-19-29(39-31(38-28)33(46)36-15-16-43(4)5)40-34(47)37-25-12-13-27(24-10-8-7-9-23(24)25)49-22-11-14-30-41-42-32(45(30)20-22)26-21-48-18-17-44(26)6/h7-11,14,19-20,25-27H,12-13,15-18,21H2,1-6H3,(H,36,46)(H2,37,38,39,40,47)/t25-,26-,27+/m0/s1. The van der Waals surface area contributed by atoms with Crippen molar-refractivity contribution in [2.75, 3.05) is 59.3 Å². The number of morpholine rings is 1. The van der Waals surface area contributed by atoms with Crippen molar-refractivity contribution in [2.24, 2.45) is 0 Å². The third-order valence-corrected chi connectivity index (χ3v) is 8.90. The van der Waals surface area contributed by atoms with Gasteiger partial charge in [-0.3, -0.25) is 19.4 Å². The topological polar surface area (TPSA) is 151 Å². The monoisotopic (exact) mass is 670 g/mol.